The quantitative estimate of drug-likeness (QED) is 0.493. The molecule has 0 spiro atoms. The van der Waals surface area contributed by atoms with Gasteiger partial charge in [0.15, 0.2) is 5.96 Å². The molecule has 2 heterocycles. The van der Waals surface area contributed by atoms with Gasteiger partial charge in [0.1, 0.15) is 6.61 Å². The maximum absolute atomic E-state index is 5.46. The molecule has 1 aromatic rings. The Morgan fingerprint density at radius 1 is 1.39 bits per heavy atom. The van der Waals surface area contributed by atoms with Gasteiger partial charge in [-0.15, -0.1) is 0 Å². The number of methoxy groups -OCH3 is 1. The number of pyridine rings is 1. The first-order valence-electron chi connectivity index (χ1n) is 8.06. The number of hydrogen-bond acceptors (Lipinski definition) is 4. The molecule has 1 saturated heterocycles. The van der Waals surface area contributed by atoms with E-state index in [-0.39, 0.29) is 0 Å². The van der Waals surface area contributed by atoms with Gasteiger partial charge >= 0.3 is 0 Å². The number of guanidine groups is 1. The predicted molar refractivity (Wildman–Crippen MR) is 91.8 cm³/mol. The monoisotopic (exact) mass is 320 g/mol. The van der Waals surface area contributed by atoms with Crippen molar-refractivity contribution < 1.29 is 9.47 Å². The molecule has 0 unspecified atom stereocenters. The predicted octanol–water partition coefficient (Wildman–Crippen LogP) is 1.91. The van der Waals surface area contributed by atoms with Gasteiger partial charge in [-0.2, -0.15) is 0 Å². The topological polar surface area (TPSA) is 59.0 Å². The van der Waals surface area contributed by atoms with Crippen LogP contribution in [-0.2, 0) is 11.3 Å². The van der Waals surface area contributed by atoms with Gasteiger partial charge in [-0.25, -0.2) is 4.98 Å². The van der Waals surface area contributed by atoms with Gasteiger partial charge in [0.2, 0.25) is 5.88 Å². The van der Waals surface area contributed by atoms with Gasteiger partial charge in [0.25, 0.3) is 0 Å². The van der Waals surface area contributed by atoms with Crippen molar-refractivity contribution >= 4 is 5.96 Å². The van der Waals surface area contributed by atoms with Crippen molar-refractivity contribution in [2.24, 2.45) is 10.4 Å². The van der Waals surface area contributed by atoms with Crippen molar-refractivity contribution in [2.75, 3.05) is 40.5 Å². The van der Waals surface area contributed by atoms with E-state index in [2.05, 4.69) is 34.0 Å². The number of likely N-dealkylation sites (tertiary alicyclic amines) is 1. The number of aromatic nitrogens is 1. The molecule has 2 rings (SSSR count). The van der Waals surface area contributed by atoms with E-state index in [1.54, 1.807) is 7.11 Å². The highest BCUT2D eigenvalue weighted by Gasteiger charge is 2.30. The molecule has 1 fully saturated rings. The molecule has 0 bridgehead atoms. The van der Waals surface area contributed by atoms with Gasteiger partial charge in [0.05, 0.1) is 6.61 Å². The Kier molecular flexibility index (Phi) is 6.21. The molecule has 1 N–H and O–H groups in total. The summed E-state index contributed by atoms with van der Waals surface area (Å²) in [7, 11) is 3.48. The summed E-state index contributed by atoms with van der Waals surface area (Å²) >= 11 is 0. The maximum atomic E-state index is 5.46. The molecule has 23 heavy (non-hydrogen) atoms. The van der Waals surface area contributed by atoms with Crippen LogP contribution in [0.15, 0.2) is 23.3 Å². The Labute approximate surface area is 138 Å². The summed E-state index contributed by atoms with van der Waals surface area (Å²) in [5, 5.41) is 3.41. The summed E-state index contributed by atoms with van der Waals surface area (Å²) in [6, 6.07) is 3.90. The normalized spacial score (nSPS) is 17.4. The van der Waals surface area contributed by atoms with Gasteiger partial charge in [0, 0.05) is 46.1 Å². The van der Waals surface area contributed by atoms with Crippen molar-refractivity contribution in [1.82, 2.24) is 15.2 Å². The van der Waals surface area contributed by atoms with Crippen LogP contribution in [0.25, 0.3) is 0 Å². The summed E-state index contributed by atoms with van der Waals surface area (Å²) in [6.07, 6.45) is 3.03. The molecule has 6 nitrogen and oxygen atoms in total. The van der Waals surface area contributed by atoms with Gasteiger partial charge < -0.3 is 19.7 Å². The van der Waals surface area contributed by atoms with E-state index in [0.717, 1.165) is 24.6 Å². The minimum Gasteiger partial charge on any atom is -0.475 e. The summed E-state index contributed by atoms with van der Waals surface area (Å²) in [4.78, 5) is 11.0. The standard InChI is InChI=1S/C17H28N4O2/c1-17(2)7-8-21(13-17)16(18-3)20-12-14-5-6-15(19-11-14)23-10-9-22-4/h5-6,11H,7-10,12-13H2,1-4H3,(H,18,20). The third-order valence-corrected chi connectivity index (χ3v) is 3.97. The minimum atomic E-state index is 0.361. The van der Waals surface area contributed by atoms with Crippen LogP contribution in [0.1, 0.15) is 25.8 Å². The van der Waals surface area contributed by atoms with E-state index >= 15 is 0 Å². The first-order valence-corrected chi connectivity index (χ1v) is 8.06. The van der Waals surface area contributed by atoms with Crippen LogP contribution < -0.4 is 10.1 Å². The highest BCUT2D eigenvalue weighted by molar-refractivity contribution is 5.80. The molecule has 1 aliphatic rings. The lowest BCUT2D eigenvalue weighted by atomic mass is 9.93. The zero-order chi connectivity index (χ0) is 16.7. The van der Waals surface area contributed by atoms with Crippen molar-refractivity contribution in [1.29, 1.82) is 0 Å². The summed E-state index contributed by atoms with van der Waals surface area (Å²) in [6.45, 7) is 8.47. The van der Waals surface area contributed by atoms with Crippen LogP contribution in [0.5, 0.6) is 5.88 Å². The van der Waals surface area contributed by atoms with Gasteiger partial charge in [-0.1, -0.05) is 19.9 Å². The zero-order valence-corrected chi connectivity index (χ0v) is 14.6. The average molecular weight is 320 g/mol. The van der Waals surface area contributed by atoms with Gasteiger partial charge in [-0.3, -0.25) is 4.99 Å². The number of nitrogens with zero attached hydrogens (tertiary/aromatic N) is 3. The molecular formula is C17H28N4O2. The molecule has 0 atom stereocenters. The molecule has 0 radical (unpaired) electrons. The molecular weight excluding hydrogens is 292 g/mol. The summed E-state index contributed by atoms with van der Waals surface area (Å²) in [5.74, 6) is 1.58. The first kappa shape index (κ1) is 17.5. The SMILES string of the molecule is CN=C(NCc1ccc(OCCOC)nc1)N1CCC(C)(C)C1. The average Bonchev–Trinajstić information content (AvgIpc) is 2.90. The second kappa shape index (κ2) is 8.15. The van der Waals surface area contributed by atoms with Crippen LogP contribution in [0.4, 0.5) is 0 Å². The van der Waals surface area contributed by atoms with E-state index < -0.39 is 0 Å². The van der Waals surface area contributed by atoms with E-state index in [1.165, 1.54) is 6.42 Å². The smallest absolute Gasteiger partial charge is 0.213 e. The largest absolute Gasteiger partial charge is 0.475 e. The van der Waals surface area contributed by atoms with Crippen LogP contribution in [0, 0.1) is 5.41 Å². The fourth-order valence-corrected chi connectivity index (χ4v) is 2.64. The molecule has 128 valence electrons. The zero-order valence-electron chi connectivity index (χ0n) is 14.6. The molecule has 0 aliphatic carbocycles. The number of nitrogens with one attached hydrogen (secondary N) is 1. The number of hydrogen-bond donors (Lipinski definition) is 1. The van der Waals surface area contributed by atoms with Crippen LogP contribution in [-0.4, -0.2) is 56.3 Å². The highest BCUT2D eigenvalue weighted by atomic mass is 16.5. The number of rotatable bonds is 6. The second-order valence-corrected chi connectivity index (χ2v) is 6.58. The Bertz CT molecular complexity index is 514. The second-order valence-electron chi connectivity index (χ2n) is 6.58. The van der Waals surface area contributed by atoms with Gasteiger partial charge in [-0.05, 0) is 17.4 Å². The minimum absolute atomic E-state index is 0.361. The summed E-state index contributed by atoms with van der Waals surface area (Å²) in [5.41, 5.74) is 1.46. The van der Waals surface area contributed by atoms with E-state index in [4.69, 9.17) is 9.47 Å². The Hall–Kier alpha value is -1.82. The van der Waals surface area contributed by atoms with Crippen LogP contribution in [0.2, 0.25) is 0 Å². The fourth-order valence-electron chi connectivity index (χ4n) is 2.64. The molecule has 0 saturated carbocycles. The molecule has 0 aromatic carbocycles. The van der Waals surface area contributed by atoms with Crippen molar-refractivity contribution in [3.8, 4) is 5.88 Å². The molecule has 1 aliphatic heterocycles. The Morgan fingerprint density at radius 2 is 2.22 bits per heavy atom. The van der Waals surface area contributed by atoms with E-state index in [9.17, 15) is 0 Å². The first-order chi connectivity index (χ1) is 11.0. The lowest BCUT2D eigenvalue weighted by Crippen LogP contribution is -2.40. The molecule has 0 amide bonds. The van der Waals surface area contributed by atoms with Crippen molar-refractivity contribution in [3.63, 3.8) is 0 Å². The van der Waals surface area contributed by atoms with Crippen LogP contribution >= 0.6 is 0 Å². The maximum Gasteiger partial charge on any atom is 0.213 e. The third-order valence-electron chi connectivity index (χ3n) is 3.97. The molecule has 1 aromatic heterocycles. The van der Waals surface area contributed by atoms with E-state index in [1.807, 2.05) is 25.4 Å². The number of aliphatic imine (C=N–C) groups is 1. The summed E-state index contributed by atoms with van der Waals surface area (Å²) < 4.78 is 10.4. The van der Waals surface area contributed by atoms with E-state index in [0.29, 0.717) is 31.1 Å². The number of ether oxygens (including phenoxy) is 2. The third kappa shape index (κ3) is 5.39. The Balaban J connectivity index is 1.82. The lowest BCUT2D eigenvalue weighted by Gasteiger charge is -2.23. The fraction of sp³-hybridized carbons (Fsp3) is 0.647. The van der Waals surface area contributed by atoms with Crippen molar-refractivity contribution in [3.05, 3.63) is 23.9 Å². The van der Waals surface area contributed by atoms with Crippen LogP contribution in [0.3, 0.4) is 0 Å². The van der Waals surface area contributed by atoms with Crippen molar-refractivity contribution in [2.45, 2.75) is 26.8 Å². The Morgan fingerprint density at radius 3 is 2.78 bits per heavy atom. The highest BCUT2D eigenvalue weighted by Crippen LogP contribution is 2.28. The lowest BCUT2D eigenvalue weighted by molar-refractivity contribution is 0.143. The molecule has 6 heteroatoms.